The maximum atomic E-state index is 5.72. The SMILES string of the molecule is CC(C)Oc1ccc(CN2CCNCC2)cc1Br. The van der Waals surface area contributed by atoms with E-state index < -0.39 is 0 Å². The summed E-state index contributed by atoms with van der Waals surface area (Å²) in [7, 11) is 0. The van der Waals surface area contributed by atoms with E-state index in [-0.39, 0.29) is 6.10 Å². The molecule has 0 spiro atoms. The van der Waals surface area contributed by atoms with E-state index in [1.54, 1.807) is 0 Å². The summed E-state index contributed by atoms with van der Waals surface area (Å²) in [6.45, 7) is 9.54. The quantitative estimate of drug-likeness (QED) is 0.925. The average Bonchev–Trinajstić information content (AvgIpc) is 2.33. The molecular formula is C14H21BrN2O. The standard InChI is InChI=1S/C14H21BrN2O/c1-11(2)18-14-4-3-12(9-13(14)15)10-17-7-5-16-6-8-17/h3-4,9,11,16H,5-8,10H2,1-2H3. The largest absolute Gasteiger partial charge is 0.490 e. The van der Waals surface area contributed by atoms with Gasteiger partial charge in [-0.15, -0.1) is 0 Å². The Labute approximate surface area is 118 Å². The summed E-state index contributed by atoms with van der Waals surface area (Å²) in [5.41, 5.74) is 1.33. The van der Waals surface area contributed by atoms with Crippen LogP contribution in [-0.2, 0) is 6.54 Å². The van der Waals surface area contributed by atoms with Crippen molar-refractivity contribution in [2.45, 2.75) is 26.5 Å². The van der Waals surface area contributed by atoms with Crippen molar-refractivity contribution in [3.63, 3.8) is 0 Å². The minimum absolute atomic E-state index is 0.209. The maximum Gasteiger partial charge on any atom is 0.133 e. The molecule has 0 saturated carbocycles. The lowest BCUT2D eigenvalue weighted by atomic mass is 10.2. The molecule has 0 unspecified atom stereocenters. The first-order chi connectivity index (χ1) is 8.65. The summed E-state index contributed by atoms with van der Waals surface area (Å²) in [4.78, 5) is 2.47. The van der Waals surface area contributed by atoms with Gasteiger partial charge >= 0.3 is 0 Å². The monoisotopic (exact) mass is 312 g/mol. The Morgan fingerprint density at radius 1 is 1.33 bits per heavy atom. The molecule has 0 amide bonds. The lowest BCUT2D eigenvalue weighted by Gasteiger charge is -2.27. The molecule has 1 heterocycles. The molecule has 0 radical (unpaired) electrons. The lowest BCUT2D eigenvalue weighted by molar-refractivity contribution is 0.231. The Hall–Kier alpha value is -0.580. The van der Waals surface area contributed by atoms with Gasteiger partial charge in [0.25, 0.3) is 0 Å². The molecule has 1 saturated heterocycles. The molecule has 100 valence electrons. The second-order valence-corrected chi connectivity index (χ2v) is 5.81. The summed E-state index contributed by atoms with van der Waals surface area (Å²) < 4.78 is 6.76. The van der Waals surface area contributed by atoms with Crippen LogP contribution < -0.4 is 10.1 Å². The van der Waals surface area contributed by atoms with E-state index in [0.717, 1.165) is 42.9 Å². The number of hydrogen-bond donors (Lipinski definition) is 1. The van der Waals surface area contributed by atoms with Crippen LogP contribution in [0.5, 0.6) is 5.75 Å². The molecule has 2 rings (SSSR count). The van der Waals surface area contributed by atoms with Crippen LogP contribution in [0.15, 0.2) is 22.7 Å². The second kappa shape index (κ2) is 6.55. The lowest BCUT2D eigenvalue weighted by Crippen LogP contribution is -2.42. The summed E-state index contributed by atoms with van der Waals surface area (Å²) in [6, 6.07) is 6.38. The van der Waals surface area contributed by atoms with Crippen LogP contribution in [-0.4, -0.2) is 37.2 Å². The van der Waals surface area contributed by atoms with Crippen molar-refractivity contribution in [3.8, 4) is 5.75 Å². The highest BCUT2D eigenvalue weighted by atomic mass is 79.9. The number of nitrogens with one attached hydrogen (secondary N) is 1. The highest BCUT2D eigenvalue weighted by Gasteiger charge is 2.11. The van der Waals surface area contributed by atoms with Crippen LogP contribution in [0.2, 0.25) is 0 Å². The van der Waals surface area contributed by atoms with Crippen LogP contribution in [0.25, 0.3) is 0 Å². The Bertz CT molecular complexity index is 389. The number of benzene rings is 1. The van der Waals surface area contributed by atoms with Crippen molar-refractivity contribution in [2.75, 3.05) is 26.2 Å². The fraction of sp³-hybridized carbons (Fsp3) is 0.571. The molecule has 0 aromatic heterocycles. The van der Waals surface area contributed by atoms with Crippen molar-refractivity contribution in [1.29, 1.82) is 0 Å². The topological polar surface area (TPSA) is 24.5 Å². The first kappa shape index (κ1) is 13.8. The fourth-order valence-corrected chi connectivity index (χ4v) is 2.64. The molecule has 1 fully saturated rings. The highest BCUT2D eigenvalue weighted by Crippen LogP contribution is 2.27. The maximum absolute atomic E-state index is 5.72. The van der Waals surface area contributed by atoms with Gasteiger partial charge in [0.05, 0.1) is 10.6 Å². The molecule has 0 bridgehead atoms. The minimum atomic E-state index is 0.209. The fourth-order valence-electron chi connectivity index (χ4n) is 2.12. The zero-order valence-corrected chi connectivity index (χ0v) is 12.7. The van der Waals surface area contributed by atoms with E-state index in [9.17, 15) is 0 Å². The number of nitrogens with zero attached hydrogens (tertiary/aromatic N) is 1. The predicted molar refractivity (Wildman–Crippen MR) is 78.1 cm³/mol. The number of rotatable bonds is 4. The molecule has 1 aliphatic rings. The van der Waals surface area contributed by atoms with Crippen molar-refractivity contribution in [3.05, 3.63) is 28.2 Å². The van der Waals surface area contributed by atoms with E-state index in [0.29, 0.717) is 0 Å². The number of halogens is 1. The zero-order valence-electron chi connectivity index (χ0n) is 11.1. The summed E-state index contributed by atoms with van der Waals surface area (Å²) in [5.74, 6) is 0.925. The van der Waals surface area contributed by atoms with E-state index in [2.05, 4.69) is 44.3 Å². The van der Waals surface area contributed by atoms with Gasteiger partial charge in [0.1, 0.15) is 5.75 Å². The van der Waals surface area contributed by atoms with Crippen molar-refractivity contribution >= 4 is 15.9 Å². The predicted octanol–water partition coefficient (Wildman–Crippen LogP) is 2.64. The third-order valence-electron chi connectivity index (χ3n) is 2.97. The summed E-state index contributed by atoms with van der Waals surface area (Å²) in [6.07, 6.45) is 0.209. The van der Waals surface area contributed by atoms with Gasteiger partial charge < -0.3 is 10.1 Å². The van der Waals surface area contributed by atoms with Gasteiger partial charge in [-0.05, 0) is 47.5 Å². The van der Waals surface area contributed by atoms with Gasteiger partial charge in [0, 0.05) is 32.7 Å². The minimum Gasteiger partial charge on any atom is -0.490 e. The molecule has 1 N–H and O–H groups in total. The molecule has 1 aromatic rings. The van der Waals surface area contributed by atoms with Crippen LogP contribution in [0, 0.1) is 0 Å². The summed E-state index contributed by atoms with van der Waals surface area (Å²) in [5, 5.41) is 3.37. The molecule has 0 aliphatic carbocycles. The first-order valence-electron chi connectivity index (χ1n) is 6.53. The van der Waals surface area contributed by atoms with Crippen LogP contribution in [0.4, 0.5) is 0 Å². The Balaban J connectivity index is 1.99. The average molecular weight is 313 g/mol. The van der Waals surface area contributed by atoms with Gasteiger partial charge in [0.15, 0.2) is 0 Å². The molecule has 4 heteroatoms. The van der Waals surface area contributed by atoms with Crippen molar-refractivity contribution in [2.24, 2.45) is 0 Å². The second-order valence-electron chi connectivity index (χ2n) is 4.96. The van der Waals surface area contributed by atoms with E-state index in [1.165, 1.54) is 5.56 Å². The van der Waals surface area contributed by atoms with Crippen molar-refractivity contribution in [1.82, 2.24) is 10.2 Å². The molecule has 1 aliphatic heterocycles. The third kappa shape index (κ3) is 3.97. The van der Waals surface area contributed by atoms with Gasteiger partial charge in [-0.25, -0.2) is 0 Å². The number of ether oxygens (including phenoxy) is 1. The summed E-state index contributed by atoms with van der Waals surface area (Å²) >= 11 is 3.58. The normalized spacial score (nSPS) is 17.1. The third-order valence-corrected chi connectivity index (χ3v) is 3.59. The van der Waals surface area contributed by atoms with Gasteiger partial charge in [-0.2, -0.15) is 0 Å². The Morgan fingerprint density at radius 3 is 2.67 bits per heavy atom. The molecular weight excluding hydrogens is 292 g/mol. The molecule has 18 heavy (non-hydrogen) atoms. The van der Waals surface area contributed by atoms with E-state index in [4.69, 9.17) is 4.74 Å². The molecule has 1 aromatic carbocycles. The first-order valence-corrected chi connectivity index (χ1v) is 7.32. The number of piperazine rings is 1. The molecule has 0 atom stereocenters. The van der Waals surface area contributed by atoms with Crippen LogP contribution >= 0.6 is 15.9 Å². The van der Waals surface area contributed by atoms with Crippen molar-refractivity contribution < 1.29 is 4.74 Å². The van der Waals surface area contributed by atoms with Crippen LogP contribution in [0.1, 0.15) is 19.4 Å². The zero-order chi connectivity index (χ0) is 13.0. The van der Waals surface area contributed by atoms with Gasteiger partial charge in [0.2, 0.25) is 0 Å². The molecule has 3 nitrogen and oxygen atoms in total. The highest BCUT2D eigenvalue weighted by molar-refractivity contribution is 9.10. The Morgan fingerprint density at radius 2 is 2.06 bits per heavy atom. The van der Waals surface area contributed by atoms with E-state index in [1.807, 2.05) is 13.8 Å². The van der Waals surface area contributed by atoms with Gasteiger partial charge in [-0.3, -0.25) is 4.90 Å². The van der Waals surface area contributed by atoms with Gasteiger partial charge in [-0.1, -0.05) is 6.07 Å². The smallest absolute Gasteiger partial charge is 0.133 e. The Kier molecular flexibility index (Phi) is 5.03. The van der Waals surface area contributed by atoms with E-state index >= 15 is 0 Å². The van der Waals surface area contributed by atoms with Crippen LogP contribution in [0.3, 0.4) is 0 Å². The number of hydrogen-bond acceptors (Lipinski definition) is 3.